The summed E-state index contributed by atoms with van der Waals surface area (Å²) in [4.78, 5) is 2.30. The quantitative estimate of drug-likeness (QED) is 0.652. The van der Waals surface area contributed by atoms with Crippen molar-refractivity contribution in [1.82, 2.24) is 15.1 Å². The van der Waals surface area contributed by atoms with Crippen molar-refractivity contribution in [2.24, 2.45) is 0 Å². The summed E-state index contributed by atoms with van der Waals surface area (Å²) >= 11 is 0. The molecule has 1 unspecified atom stereocenters. The second kappa shape index (κ2) is 7.20. The smallest absolute Gasteiger partial charge is 0.129 e. The second-order valence-corrected chi connectivity index (χ2v) is 7.53. The first kappa shape index (κ1) is 17.8. The average molecular weight is 361 g/mol. The van der Waals surface area contributed by atoms with Gasteiger partial charge in [0.25, 0.3) is 0 Å². The molecule has 0 fully saturated rings. The molecule has 0 saturated carbocycles. The number of hydrogen-bond donors (Lipinski definition) is 0. The van der Waals surface area contributed by atoms with Crippen LogP contribution in [0.4, 0.5) is 4.39 Å². The first-order valence-corrected chi connectivity index (χ1v) is 9.40. The fourth-order valence-corrected chi connectivity index (χ4v) is 3.93. The van der Waals surface area contributed by atoms with E-state index in [1.54, 1.807) is 0 Å². The molecular weight excluding hydrogens is 337 g/mol. The number of aromatic nitrogens is 2. The first-order valence-electron chi connectivity index (χ1n) is 9.40. The van der Waals surface area contributed by atoms with Gasteiger partial charge in [-0.25, -0.2) is 4.39 Å². The summed E-state index contributed by atoms with van der Waals surface area (Å²) in [6.45, 7) is 5.56. The van der Waals surface area contributed by atoms with Crippen LogP contribution in [-0.4, -0.2) is 28.7 Å². The van der Waals surface area contributed by atoms with Crippen molar-refractivity contribution in [3.05, 3.63) is 82.3 Å². The van der Waals surface area contributed by atoms with Crippen LogP contribution in [0.15, 0.2) is 48.5 Å². The number of rotatable bonds is 2. The third-order valence-electron chi connectivity index (χ3n) is 5.45. The van der Waals surface area contributed by atoms with Gasteiger partial charge in [-0.15, -0.1) is 0 Å². The van der Waals surface area contributed by atoms with Crippen LogP contribution in [-0.2, 0) is 6.54 Å². The molecule has 3 nitrogen and oxygen atoms in total. The minimum Gasteiger partial charge on any atom is -0.302 e. The molecule has 2 heterocycles. The second-order valence-electron chi connectivity index (χ2n) is 7.53. The SMILES string of the molecule is Cc1ccc(-c2ccc3c(c2)CN(C)CCC3c2cccc(C)c2F)nn1. The van der Waals surface area contributed by atoms with E-state index >= 15 is 0 Å². The van der Waals surface area contributed by atoms with Gasteiger partial charge in [0, 0.05) is 18.0 Å². The van der Waals surface area contributed by atoms with Crippen molar-refractivity contribution in [3.63, 3.8) is 0 Å². The molecule has 2 aromatic carbocycles. The van der Waals surface area contributed by atoms with Gasteiger partial charge in [-0.2, -0.15) is 10.2 Å². The van der Waals surface area contributed by atoms with E-state index < -0.39 is 0 Å². The highest BCUT2D eigenvalue weighted by molar-refractivity contribution is 5.61. The van der Waals surface area contributed by atoms with Crippen LogP contribution in [0, 0.1) is 19.7 Å². The summed E-state index contributed by atoms with van der Waals surface area (Å²) in [7, 11) is 2.12. The molecule has 0 radical (unpaired) electrons. The Morgan fingerprint density at radius 3 is 2.63 bits per heavy atom. The summed E-state index contributed by atoms with van der Waals surface area (Å²) in [6.07, 6.45) is 0.910. The van der Waals surface area contributed by atoms with Gasteiger partial charge in [-0.05, 0) is 74.3 Å². The van der Waals surface area contributed by atoms with E-state index in [0.717, 1.165) is 42.0 Å². The van der Waals surface area contributed by atoms with Crippen LogP contribution >= 0.6 is 0 Å². The van der Waals surface area contributed by atoms with E-state index in [1.165, 1.54) is 11.1 Å². The van der Waals surface area contributed by atoms with Gasteiger partial charge in [-0.3, -0.25) is 0 Å². The van der Waals surface area contributed by atoms with Crippen LogP contribution in [0.5, 0.6) is 0 Å². The van der Waals surface area contributed by atoms with Crippen molar-refractivity contribution in [2.75, 3.05) is 13.6 Å². The molecule has 3 aromatic rings. The lowest BCUT2D eigenvalue weighted by atomic mass is 9.85. The zero-order valence-electron chi connectivity index (χ0n) is 16.0. The molecule has 1 atom stereocenters. The average Bonchev–Trinajstić information content (AvgIpc) is 2.82. The van der Waals surface area contributed by atoms with Gasteiger partial charge in [0.1, 0.15) is 5.82 Å². The molecule has 0 amide bonds. The molecule has 1 aliphatic rings. The summed E-state index contributed by atoms with van der Waals surface area (Å²) in [6, 6.07) is 16.1. The maximum Gasteiger partial charge on any atom is 0.129 e. The first-order chi connectivity index (χ1) is 13.0. The lowest BCUT2D eigenvalue weighted by Gasteiger charge is -2.20. The Kier molecular flexibility index (Phi) is 4.75. The number of hydrogen-bond acceptors (Lipinski definition) is 3. The van der Waals surface area contributed by atoms with E-state index in [2.05, 4.69) is 40.3 Å². The predicted molar refractivity (Wildman–Crippen MR) is 106 cm³/mol. The number of fused-ring (bicyclic) bond motifs is 1. The lowest BCUT2D eigenvalue weighted by Crippen LogP contribution is -2.17. The highest BCUT2D eigenvalue weighted by Gasteiger charge is 2.25. The minimum atomic E-state index is -0.0773. The van der Waals surface area contributed by atoms with Crippen molar-refractivity contribution in [1.29, 1.82) is 0 Å². The number of benzene rings is 2. The van der Waals surface area contributed by atoms with E-state index in [9.17, 15) is 4.39 Å². The van der Waals surface area contributed by atoms with Crippen molar-refractivity contribution in [2.45, 2.75) is 32.7 Å². The Balaban J connectivity index is 1.80. The Bertz CT molecular complexity index is 966. The van der Waals surface area contributed by atoms with Crippen LogP contribution in [0.3, 0.4) is 0 Å². The fourth-order valence-electron chi connectivity index (χ4n) is 3.93. The molecule has 0 N–H and O–H groups in total. The molecule has 0 spiro atoms. The standard InChI is InChI=1S/C23H24FN3/c1-15-5-4-6-21(23(15)24)20-11-12-27(3)14-18-13-17(8-9-19(18)20)22-10-7-16(2)25-26-22/h4-10,13,20H,11-12,14H2,1-3H3. The normalized spacial score (nSPS) is 17.4. The van der Waals surface area contributed by atoms with Crippen molar-refractivity contribution in [3.8, 4) is 11.3 Å². The molecule has 4 rings (SSSR count). The van der Waals surface area contributed by atoms with Gasteiger partial charge in [0.2, 0.25) is 0 Å². The summed E-state index contributed by atoms with van der Waals surface area (Å²) < 4.78 is 14.9. The molecule has 0 saturated heterocycles. The minimum absolute atomic E-state index is 0.0722. The Hall–Kier alpha value is -2.59. The summed E-state index contributed by atoms with van der Waals surface area (Å²) in [5.74, 6) is -0.00511. The maximum atomic E-state index is 14.9. The Labute approximate surface area is 159 Å². The van der Waals surface area contributed by atoms with E-state index in [0.29, 0.717) is 5.56 Å². The van der Waals surface area contributed by atoms with Crippen LogP contribution < -0.4 is 0 Å². The van der Waals surface area contributed by atoms with Crippen molar-refractivity contribution >= 4 is 0 Å². The molecule has 1 aromatic heterocycles. The number of aryl methyl sites for hydroxylation is 2. The molecule has 1 aliphatic heterocycles. The molecular formula is C23H24FN3. The van der Waals surface area contributed by atoms with Gasteiger partial charge in [-0.1, -0.05) is 30.3 Å². The molecule has 138 valence electrons. The predicted octanol–water partition coefficient (Wildman–Crippen LogP) is 4.87. The number of nitrogens with zero attached hydrogens (tertiary/aromatic N) is 3. The topological polar surface area (TPSA) is 29.0 Å². The van der Waals surface area contributed by atoms with E-state index in [4.69, 9.17) is 0 Å². The number of halogens is 1. The molecule has 0 aliphatic carbocycles. The fraction of sp³-hybridized carbons (Fsp3) is 0.304. The monoisotopic (exact) mass is 361 g/mol. The van der Waals surface area contributed by atoms with Gasteiger partial charge in [0.05, 0.1) is 11.4 Å². The van der Waals surface area contributed by atoms with Crippen LogP contribution in [0.2, 0.25) is 0 Å². The lowest BCUT2D eigenvalue weighted by molar-refractivity contribution is 0.327. The maximum absolute atomic E-state index is 14.9. The van der Waals surface area contributed by atoms with Crippen LogP contribution in [0.1, 0.15) is 40.3 Å². The van der Waals surface area contributed by atoms with Gasteiger partial charge >= 0.3 is 0 Å². The highest BCUT2D eigenvalue weighted by atomic mass is 19.1. The highest BCUT2D eigenvalue weighted by Crippen LogP contribution is 2.37. The molecule has 0 bridgehead atoms. The van der Waals surface area contributed by atoms with E-state index in [-0.39, 0.29) is 11.7 Å². The van der Waals surface area contributed by atoms with Gasteiger partial charge in [0.15, 0.2) is 0 Å². The Morgan fingerprint density at radius 1 is 1.00 bits per heavy atom. The third-order valence-corrected chi connectivity index (χ3v) is 5.45. The summed E-state index contributed by atoms with van der Waals surface area (Å²) in [5.41, 5.74) is 6.79. The third kappa shape index (κ3) is 3.50. The van der Waals surface area contributed by atoms with Crippen molar-refractivity contribution < 1.29 is 4.39 Å². The zero-order chi connectivity index (χ0) is 19.0. The Morgan fingerprint density at radius 2 is 1.85 bits per heavy atom. The molecule has 4 heteroatoms. The largest absolute Gasteiger partial charge is 0.302 e. The molecule has 27 heavy (non-hydrogen) atoms. The summed E-state index contributed by atoms with van der Waals surface area (Å²) in [5, 5.41) is 8.49. The van der Waals surface area contributed by atoms with Crippen LogP contribution in [0.25, 0.3) is 11.3 Å². The zero-order valence-corrected chi connectivity index (χ0v) is 16.0. The van der Waals surface area contributed by atoms with E-state index in [1.807, 2.05) is 44.2 Å². The van der Waals surface area contributed by atoms with Gasteiger partial charge < -0.3 is 4.90 Å².